The summed E-state index contributed by atoms with van der Waals surface area (Å²) in [7, 11) is 4.25. The molecule has 0 fully saturated rings. The second kappa shape index (κ2) is 11.6. The third-order valence-corrected chi connectivity index (χ3v) is 5.26. The van der Waals surface area contributed by atoms with Crippen LogP contribution in [0.15, 0.2) is 48.5 Å². The summed E-state index contributed by atoms with van der Waals surface area (Å²) in [5.41, 5.74) is 2.53. The molecule has 142 valence electrons. The number of unbranched alkanes of at least 4 members (excludes halogenated alkanes) is 1. The van der Waals surface area contributed by atoms with Crippen molar-refractivity contribution in [1.82, 2.24) is 10.2 Å². The summed E-state index contributed by atoms with van der Waals surface area (Å²) in [6.07, 6.45) is 4.48. The van der Waals surface area contributed by atoms with Crippen molar-refractivity contribution in [1.29, 1.82) is 0 Å². The monoisotopic (exact) mass is 392 g/mol. The zero-order valence-electron chi connectivity index (χ0n) is 15.8. The van der Waals surface area contributed by atoms with Crippen LogP contribution in [0, 0.1) is 0 Å². The van der Waals surface area contributed by atoms with Gasteiger partial charge in [0.25, 0.3) is 0 Å². The van der Waals surface area contributed by atoms with Gasteiger partial charge in [0.05, 0.1) is 0 Å². The zero-order valence-corrected chi connectivity index (χ0v) is 17.4. The fraction of sp³-hybridized carbons (Fsp3) is 0.455. The van der Waals surface area contributed by atoms with Crippen molar-refractivity contribution >= 4 is 23.2 Å². The summed E-state index contributed by atoms with van der Waals surface area (Å²) in [5, 5.41) is 5.23. The summed E-state index contributed by atoms with van der Waals surface area (Å²) in [4.78, 5) is 2.24. The zero-order chi connectivity index (χ0) is 18.8. The van der Waals surface area contributed by atoms with Crippen LogP contribution in [0.3, 0.4) is 0 Å². The lowest BCUT2D eigenvalue weighted by atomic mass is 9.89. The van der Waals surface area contributed by atoms with E-state index in [1.165, 1.54) is 24.0 Å². The van der Waals surface area contributed by atoms with Gasteiger partial charge < -0.3 is 10.2 Å². The lowest BCUT2D eigenvalue weighted by molar-refractivity contribution is 0.391. The minimum atomic E-state index is 0.432. The molecule has 0 radical (unpaired) electrons. The summed E-state index contributed by atoms with van der Waals surface area (Å²) < 4.78 is 0. The molecule has 26 heavy (non-hydrogen) atoms. The lowest BCUT2D eigenvalue weighted by Gasteiger charge is -2.19. The number of halogens is 2. The molecule has 2 aromatic carbocycles. The molecule has 0 spiro atoms. The number of rotatable bonds is 11. The van der Waals surface area contributed by atoms with Gasteiger partial charge in [-0.05, 0) is 94.7 Å². The molecule has 1 N–H and O–H groups in total. The van der Waals surface area contributed by atoms with Crippen LogP contribution in [0.1, 0.15) is 36.3 Å². The maximum absolute atomic E-state index is 6.38. The molecule has 0 aromatic heterocycles. The van der Waals surface area contributed by atoms with E-state index in [-0.39, 0.29) is 0 Å². The molecule has 0 saturated heterocycles. The van der Waals surface area contributed by atoms with Crippen molar-refractivity contribution in [3.05, 3.63) is 69.7 Å². The standard InChI is InChI=1S/C22H30Cl2N2/c1-26(2)16-6-5-14-25-15-13-19(18-9-11-21(23)12-10-18)17-20-7-3-4-8-22(20)24/h3-4,7-12,19,25H,5-6,13-17H2,1-2H3/t19-/m0/s1. The Morgan fingerprint density at radius 2 is 1.65 bits per heavy atom. The topological polar surface area (TPSA) is 15.3 Å². The van der Waals surface area contributed by atoms with Crippen LogP contribution in [0.25, 0.3) is 0 Å². The Kier molecular flexibility index (Phi) is 9.49. The van der Waals surface area contributed by atoms with Gasteiger partial charge in [0.2, 0.25) is 0 Å². The molecule has 1 atom stereocenters. The van der Waals surface area contributed by atoms with E-state index in [9.17, 15) is 0 Å². The second-order valence-electron chi connectivity index (χ2n) is 7.09. The van der Waals surface area contributed by atoms with E-state index in [2.05, 4.69) is 48.6 Å². The average molecular weight is 393 g/mol. The van der Waals surface area contributed by atoms with Crippen molar-refractivity contribution < 1.29 is 0 Å². The first-order valence-electron chi connectivity index (χ1n) is 9.40. The maximum atomic E-state index is 6.38. The first-order valence-corrected chi connectivity index (χ1v) is 10.2. The molecule has 0 aliphatic carbocycles. The van der Waals surface area contributed by atoms with Gasteiger partial charge in [-0.2, -0.15) is 0 Å². The quantitative estimate of drug-likeness (QED) is 0.497. The van der Waals surface area contributed by atoms with Crippen LogP contribution < -0.4 is 5.32 Å². The van der Waals surface area contributed by atoms with Crippen LogP contribution in [0.4, 0.5) is 0 Å². The molecule has 2 nitrogen and oxygen atoms in total. The van der Waals surface area contributed by atoms with E-state index < -0.39 is 0 Å². The Morgan fingerprint density at radius 3 is 2.35 bits per heavy atom. The number of nitrogens with one attached hydrogen (secondary N) is 1. The summed E-state index contributed by atoms with van der Waals surface area (Å²) in [6.45, 7) is 3.24. The minimum absolute atomic E-state index is 0.432. The van der Waals surface area contributed by atoms with Gasteiger partial charge in [0, 0.05) is 10.0 Å². The van der Waals surface area contributed by atoms with Gasteiger partial charge in [-0.1, -0.05) is 53.5 Å². The lowest BCUT2D eigenvalue weighted by Crippen LogP contribution is -2.21. The predicted octanol–water partition coefficient (Wildman–Crippen LogP) is 5.64. The van der Waals surface area contributed by atoms with Crippen molar-refractivity contribution in [3.63, 3.8) is 0 Å². The Bertz CT molecular complexity index is 641. The summed E-state index contributed by atoms with van der Waals surface area (Å²) in [6, 6.07) is 16.4. The van der Waals surface area contributed by atoms with E-state index in [1.807, 2.05) is 24.3 Å². The van der Waals surface area contributed by atoms with Crippen LogP contribution in [0.5, 0.6) is 0 Å². The number of nitrogens with zero attached hydrogens (tertiary/aromatic N) is 1. The molecule has 0 heterocycles. The highest BCUT2D eigenvalue weighted by atomic mass is 35.5. The first-order chi connectivity index (χ1) is 12.6. The molecule has 2 aromatic rings. The Morgan fingerprint density at radius 1 is 0.923 bits per heavy atom. The molecular weight excluding hydrogens is 363 g/mol. The Labute approximate surface area is 168 Å². The Hall–Kier alpha value is -1.06. The fourth-order valence-electron chi connectivity index (χ4n) is 3.13. The third kappa shape index (κ3) is 7.67. The molecule has 0 amide bonds. The van der Waals surface area contributed by atoms with Crippen molar-refractivity contribution in [3.8, 4) is 0 Å². The highest BCUT2D eigenvalue weighted by Crippen LogP contribution is 2.28. The third-order valence-electron chi connectivity index (χ3n) is 4.64. The molecule has 0 bridgehead atoms. The van der Waals surface area contributed by atoms with Crippen molar-refractivity contribution in [2.75, 3.05) is 33.7 Å². The number of benzene rings is 2. The highest BCUT2D eigenvalue weighted by molar-refractivity contribution is 6.31. The number of hydrogen-bond acceptors (Lipinski definition) is 2. The molecule has 0 saturated carbocycles. The first kappa shape index (κ1) is 21.2. The predicted molar refractivity (Wildman–Crippen MR) is 115 cm³/mol. The van der Waals surface area contributed by atoms with E-state index in [0.29, 0.717) is 5.92 Å². The van der Waals surface area contributed by atoms with E-state index >= 15 is 0 Å². The van der Waals surface area contributed by atoms with E-state index in [1.54, 1.807) is 0 Å². The van der Waals surface area contributed by atoms with Crippen molar-refractivity contribution in [2.45, 2.75) is 31.6 Å². The van der Waals surface area contributed by atoms with E-state index in [0.717, 1.165) is 42.5 Å². The summed E-state index contributed by atoms with van der Waals surface area (Å²) in [5.74, 6) is 0.432. The molecule has 0 unspecified atom stereocenters. The summed E-state index contributed by atoms with van der Waals surface area (Å²) >= 11 is 12.4. The smallest absolute Gasteiger partial charge is 0.0438 e. The SMILES string of the molecule is CN(C)CCCCNCC[C@@H](Cc1ccccc1Cl)c1ccc(Cl)cc1. The van der Waals surface area contributed by atoms with Crippen LogP contribution in [-0.4, -0.2) is 38.6 Å². The van der Waals surface area contributed by atoms with Gasteiger partial charge in [0.1, 0.15) is 0 Å². The van der Waals surface area contributed by atoms with Crippen LogP contribution in [-0.2, 0) is 6.42 Å². The van der Waals surface area contributed by atoms with E-state index in [4.69, 9.17) is 23.2 Å². The van der Waals surface area contributed by atoms with Gasteiger partial charge in [0.15, 0.2) is 0 Å². The minimum Gasteiger partial charge on any atom is -0.317 e. The van der Waals surface area contributed by atoms with Gasteiger partial charge in [-0.3, -0.25) is 0 Å². The average Bonchev–Trinajstić information content (AvgIpc) is 2.62. The molecule has 0 aliphatic heterocycles. The molecule has 2 rings (SSSR count). The second-order valence-corrected chi connectivity index (χ2v) is 7.94. The van der Waals surface area contributed by atoms with Gasteiger partial charge in [-0.15, -0.1) is 0 Å². The molecule has 0 aliphatic rings. The molecular formula is C22H30Cl2N2. The Balaban J connectivity index is 1.89. The van der Waals surface area contributed by atoms with Crippen LogP contribution in [0.2, 0.25) is 10.0 Å². The number of hydrogen-bond donors (Lipinski definition) is 1. The fourth-order valence-corrected chi connectivity index (χ4v) is 3.47. The molecule has 4 heteroatoms. The largest absolute Gasteiger partial charge is 0.317 e. The van der Waals surface area contributed by atoms with Crippen LogP contribution >= 0.6 is 23.2 Å². The van der Waals surface area contributed by atoms with Crippen molar-refractivity contribution in [2.24, 2.45) is 0 Å². The normalized spacial score (nSPS) is 12.5. The van der Waals surface area contributed by atoms with Gasteiger partial charge in [-0.25, -0.2) is 0 Å². The van der Waals surface area contributed by atoms with Gasteiger partial charge >= 0.3 is 0 Å². The highest BCUT2D eigenvalue weighted by Gasteiger charge is 2.14. The maximum Gasteiger partial charge on any atom is 0.0438 e.